The predicted octanol–water partition coefficient (Wildman–Crippen LogP) is 2.51. The van der Waals surface area contributed by atoms with E-state index in [-0.39, 0.29) is 5.97 Å². The zero-order chi connectivity index (χ0) is 18.0. The third-order valence-corrected chi connectivity index (χ3v) is 5.24. The number of anilines is 2. The van der Waals surface area contributed by atoms with E-state index < -0.39 is 5.41 Å². The Labute approximate surface area is 149 Å². The molecule has 1 saturated heterocycles. The van der Waals surface area contributed by atoms with Crippen molar-refractivity contribution in [1.82, 2.24) is 4.98 Å². The molecule has 0 spiro atoms. The van der Waals surface area contributed by atoms with Gasteiger partial charge in [-0.15, -0.1) is 0 Å². The van der Waals surface area contributed by atoms with Gasteiger partial charge in [-0.3, -0.25) is 4.79 Å². The third kappa shape index (κ3) is 3.59. The van der Waals surface area contributed by atoms with Gasteiger partial charge in [0, 0.05) is 32.0 Å². The average Bonchev–Trinajstić information content (AvgIpc) is 3.42. The fourth-order valence-corrected chi connectivity index (χ4v) is 3.71. The smallest absolute Gasteiger partial charge is 0.316 e. The lowest BCUT2D eigenvalue weighted by molar-refractivity contribution is -0.143. The van der Waals surface area contributed by atoms with E-state index in [0.717, 1.165) is 56.8 Å². The molecule has 0 aromatic carbocycles. The number of nitrogens with two attached hydrogens (primary N) is 1. The Balaban J connectivity index is 1.88. The summed E-state index contributed by atoms with van der Waals surface area (Å²) in [5.74, 6) is 1.14. The molecule has 25 heavy (non-hydrogen) atoms. The highest BCUT2D eigenvalue weighted by atomic mass is 16.5. The minimum Gasteiger partial charge on any atom is -0.468 e. The summed E-state index contributed by atoms with van der Waals surface area (Å²) in [5.41, 5.74) is 7.36. The zero-order valence-corrected chi connectivity index (χ0v) is 15.5. The van der Waals surface area contributed by atoms with Crippen molar-refractivity contribution in [2.75, 3.05) is 37.5 Å². The van der Waals surface area contributed by atoms with E-state index in [1.165, 1.54) is 7.11 Å². The molecule has 6 nitrogen and oxygen atoms in total. The van der Waals surface area contributed by atoms with Crippen molar-refractivity contribution in [1.29, 1.82) is 0 Å². The summed E-state index contributed by atoms with van der Waals surface area (Å²) in [6, 6.07) is 2.31. The average molecular weight is 347 g/mol. The first-order chi connectivity index (χ1) is 12.0. The first-order valence-electron chi connectivity index (χ1n) is 9.16. The monoisotopic (exact) mass is 347 g/mol. The zero-order valence-electron chi connectivity index (χ0n) is 15.5. The number of carbonyl (C=O) groups excluding carboxylic acids is 1. The normalized spacial score (nSPS) is 19.7. The minimum atomic E-state index is -0.532. The molecule has 1 aromatic rings. The van der Waals surface area contributed by atoms with E-state index in [1.54, 1.807) is 0 Å². The molecule has 3 rings (SSSR count). The molecule has 0 amide bonds. The molecular formula is C19H29N3O3. The summed E-state index contributed by atoms with van der Waals surface area (Å²) in [6.45, 7) is 6.87. The van der Waals surface area contributed by atoms with Crippen molar-refractivity contribution < 1.29 is 14.3 Å². The summed E-state index contributed by atoms with van der Waals surface area (Å²) in [7, 11) is 1.43. The van der Waals surface area contributed by atoms with Crippen LogP contribution in [0.25, 0.3) is 0 Å². The molecule has 0 bridgehead atoms. The fourth-order valence-electron chi connectivity index (χ4n) is 3.71. The SMILES string of the molecule is COC(=O)C1(c2cnc(N(CC(C)C)C3CCOCC3)c(N)c2)CC1. The topological polar surface area (TPSA) is 77.7 Å². The maximum absolute atomic E-state index is 12.1. The molecule has 2 aliphatic rings. The number of nitrogen functional groups attached to an aromatic ring is 1. The highest BCUT2D eigenvalue weighted by molar-refractivity contribution is 5.87. The van der Waals surface area contributed by atoms with Crippen LogP contribution in [0, 0.1) is 5.92 Å². The summed E-state index contributed by atoms with van der Waals surface area (Å²) in [4.78, 5) is 19.1. The molecule has 138 valence electrons. The molecule has 0 unspecified atom stereocenters. The Morgan fingerprint density at radius 1 is 1.44 bits per heavy atom. The number of methoxy groups -OCH3 is 1. The number of pyridine rings is 1. The highest BCUT2D eigenvalue weighted by Crippen LogP contribution is 2.49. The summed E-state index contributed by atoms with van der Waals surface area (Å²) in [5, 5.41) is 0. The highest BCUT2D eigenvalue weighted by Gasteiger charge is 2.53. The number of rotatable bonds is 6. The molecule has 1 saturated carbocycles. The second-order valence-electron chi connectivity index (χ2n) is 7.60. The third-order valence-electron chi connectivity index (χ3n) is 5.24. The summed E-state index contributed by atoms with van der Waals surface area (Å²) < 4.78 is 10.5. The first kappa shape index (κ1) is 18.0. The van der Waals surface area contributed by atoms with Crippen molar-refractivity contribution in [3.8, 4) is 0 Å². The van der Waals surface area contributed by atoms with Gasteiger partial charge in [-0.05, 0) is 43.2 Å². The molecule has 1 aliphatic heterocycles. The molecular weight excluding hydrogens is 318 g/mol. The van der Waals surface area contributed by atoms with Gasteiger partial charge in [0.25, 0.3) is 0 Å². The van der Waals surface area contributed by atoms with E-state index in [2.05, 4.69) is 23.7 Å². The van der Waals surface area contributed by atoms with E-state index in [4.69, 9.17) is 15.2 Å². The quantitative estimate of drug-likeness (QED) is 0.797. The van der Waals surface area contributed by atoms with E-state index in [0.29, 0.717) is 17.6 Å². The van der Waals surface area contributed by atoms with Crippen LogP contribution < -0.4 is 10.6 Å². The molecule has 2 fully saturated rings. The van der Waals surface area contributed by atoms with Crippen LogP contribution in [0.15, 0.2) is 12.3 Å². The molecule has 2 N–H and O–H groups in total. The van der Waals surface area contributed by atoms with Crippen molar-refractivity contribution in [3.05, 3.63) is 17.8 Å². The Kier molecular flexibility index (Phi) is 5.18. The van der Waals surface area contributed by atoms with Crippen LogP contribution in [-0.4, -0.2) is 43.9 Å². The van der Waals surface area contributed by atoms with Gasteiger partial charge in [-0.25, -0.2) is 4.98 Å². The lowest BCUT2D eigenvalue weighted by Gasteiger charge is -2.37. The summed E-state index contributed by atoms with van der Waals surface area (Å²) >= 11 is 0. The van der Waals surface area contributed by atoms with E-state index in [1.807, 2.05) is 12.3 Å². The molecule has 2 heterocycles. The molecule has 1 aromatic heterocycles. The van der Waals surface area contributed by atoms with E-state index >= 15 is 0 Å². The lowest BCUT2D eigenvalue weighted by atomic mass is 9.97. The second-order valence-corrected chi connectivity index (χ2v) is 7.60. The Bertz CT molecular complexity index is 622. The lowest BCUT2D eigenvalue weighted by Crippen LogP contribution is -2.42. The predicted molar refractivity (Wildman–Crippen MR) is 97.6 cm³/mol. The Hall–Kier alpha value is -1.82. The molecule has 0 radical (unpaired) electrons. The van der Waals surface area contributed by atoms with Crippen LogP contribution in [0.4, 0.5) is 11.5 Å². The van der Waals surface area contributed by atoms with Crippen LogP contribution in [0.5, 0.6) is 0 Å². The largest absolute Gasteiger partial charge is 0.468 e. The van der Waals surface area contributed by atoms with E-state index in [9.17, 15) is 4.79 Å². The number of aromatic nitrogens is 1. The van der Waals surface area contributed by atoms with Gasteiger partial charge in [0.05, 0.1) is 18.2 Å². The molecule has 1 aliphatic carbocycles. The number of carbonyl (C=O) groups is 1. The van der Waals surface area contributed by atoms with Crippen molar-refractivity contribution in [2.45, 2.75) is 51.0 Å². The van der Waals surface area contributed by atoms with Gasteiger partial charge in [0.1, 0.15) is 0 Å². The van der Waals surface area contributed by atoms with Crippen LogP contribution in [0.3, 0.4) is 0 Å². The van der Waals surface area contributed by atoms with Gasteiger partial charge in [-0.2, -0.15) is 0 Å². The van der Waals surface area contributed by atoms with Gasteiger partial charge in [-0.1, -0.05) is 13.8 Å². The fraction of sp³-hybridized carbons (Fsp3) is 0.684. The number of esters is 1. The van der Waals surface area contributed by atoms with Gasteiger partial charge in [0.2, 0.25) is 0 Å². The van der Waals surface area contributed by atoms with Gasteiger partial charge < -0.3 is 20.1 Å². The van der Waals surface area contributed by atoms with Crippen molar-refractivity contribution >= 4 is 17.5 Å². The Morgan fingerprint density at radius 3 is 2.64 bits per heavy atom. The first-order valence-corrected chi connectivity index (χ1v) is 9.16. The number of ether oxygens (including phenoxy) is 2. The molecule has 0 atom stereocenters. The van der Waals surface area contributed by atoms with Crippen molar-refractivity contribution in [2.24, 2.45) is 5.92 Å². The summed E-state index contributed by atoms with van der Waals surface area (Å²) in [6.07, 6.45) is 5.39. The van der Waals surface area contributed by atoms with Crippen LogP contribution in [0.1, 0.15) is 45.1 Å². The molecule has 6 heteroatoms. The van der Waals surface area contributed by atoms with Gasteiger partial charge in [0.15, 0.2) is 5.82 Å². The number of nitrogens with zero attached hydrogens (tertiary/aromatic N) is 2. The van der Waals surface area contributed by atoms with Gasteiger partial charge >= 0.3 is 5.97 Å². The van der Waals surface area contributed by atoms with Crippen LogP contribution in [0.2, 0.25) is 0 Å². The number of hydrogen-bond acceptors (Lipinski definition) is 6. The van der Waals surface area contributed by atoms with Crippen LogP contribution in [-0.2, 0) is 19.7 Å². The minimum absolute atomic E-state index is 0.190. The standard InChI is InChI=1S/C19H29N3O3/c1-13(2)12-22(15-4-8-25-9-5-15)17-16(20)10-14(11-21-17)19(6-7-19)18(23)24-3/h10-11,13,15H,4-9,12,20H2,1-3H3. The maximum atomic E-state index is 12.1. The maximum Gasteiger partial charge on any atom is 0.316 e. The Morgan fingerprint density at radius 2 is 2.12 bits per heavy atom. The van der Waals surface area contributed by atoms with Crippen molar-refractivity contribution in [3.63, 3.8) is 0 Å². The second kappa shape index (κ2) is 7.20. The van der Waals surface area contributed by atoms with Crippen LogP contribution >= 0.6 is 0 Å². The number of hydrogen-bond donors (Lipinski definition) is 1.